The highest BCUT2D eigenvalue weighted by molar-refractivity contribution is 6.17. The minimum Gasteiger partial charge on any atom is -0.497 e. The molecular weight excluding hydrogens is 468 g/mol. The molecule has 0 radical (unpaired) electrons. The van der Waals surface area contributed by atoms with Crippen molar-refractivity contribution in [3.05, 3.63) is 135 Å². The normalized spacial score (nSPS) is 16.4. The zero-order chi connectivity index (χ0) is 26.0. The van der Waals surface area contributed by atoms with Crippen molar-refractivity contribution in [1.82, 2.24) is 0 Å². The van der Waals surface area contributed by atoms with Crippen molar-refractivity contribution in [1.29, 1.82) is 0 Å². The van der Waals surface area contributed by atoms with Gasteiger partial charge in [0.2, 0.25) is 0 Å². The van der Waals surface area contributed by atoms with E-state index in [4.69, 9.17) is 4.74 Å². The summed E-state index contributed by atoms with van der Waals surface area (Å²) in [6.45, 7) is 0.251. The quantitative estimate of drug-likeness (QED) is 0.171. The molecule has 4 aromatic rings. The zero-order valence-corrected chi connectivity index (χ0v) is 20.2. The number of Topliss-reactive ketones (excluding diaryl/α,β-unsaturated/α-hetero) is 2. The molecule has 0 spiro atoms. The number of nitrogens with zero attached hydrogens (tertiary/aromatic N) is 2. The Morgan fingerprint density at radius 1 is 0.892 bits per heavy atom. The lowest BCUT2D eigenvalue weighted by Gasteiger charge is -2.39. The summed E-state index contributed by atoms with van der Waals surface area (Å²) >= 11 is 0. The van der Waals surface area contributed by atoms with E-state index in [1.165, 1.54) is 6.07 Å². The number of carbonyl (C=O) groups excluding carboxylic acids is 2. The van der Waals surface area contributed by atoms with E-state index >= 15 is 0 Å². The monoisotopic (exact) mass is 492 g/mol. The molecule has 1 aliphatic rings. The highest BCUT2D eigenvalue weighted by atomic mass is 16.6. The van der Waals surface area contributed by atoms with Crippen LogP contribution in [0.3, 0.4) is 0 Å². The fourth-order valence-corrected chi connectivity index (χ4v) is 5.07. The lowest BCUT2D eigenvalue weighted by molar-refractivity contribution is -0.385. The zero-order valence-electron chi connectivity index (χ0n) is 20.2. The van der Waals surface area contributed by atoms with Gasteiger partial charge in [0, 0.05) is 35.8 Å². The first-order valence-electron chi connectivity index (χ1n) is 11.8. The van der Waals surface area contributed by atoms with Crippen molar-refractivity contribution < 1.29 is 19.2 Å². The first-order chi connectivity index (χ1) is 18.0. The van der Waals surface area contributed by atoms with Crippen LogP contribution in [-0.2, 0) is 12.1 Å². The Hall–Kier alpha value is -4.78. The molecule has 0 saturated heterocycles. The van der Waals surface area contributed by atoms with Gasteiger partial charge in [-0.25, -0.2) is 0 Å². The second-order valence-corrected chi connectivity index (χ2v) is 8.88. The summed E-state index contributed by atoms with van der Waals surface area (Å²) in [5.74, 6) is 0.0701. The van der Waals surface area contributed by atoms with Crippen LogP contribution in [-0.4, -0.2) is 23.6 Å². The number of ketones is 2. The molecule has 184 valence electrons. The fraction of sp³-hybridized carbons (Fsp3) is 0.133. The average Bonchev–Trinajstić information content (AvgIpc) is 3.17. The van der Waals surface area contributed by atoms with Gasteiger partial charge in [-0.15, -0.1) is 0 Å². The summed E-state index contributed by atoms with van der Waals surface area (Å²) < 4.78 is 5.28. The first kappa shape index (κ1) is 23.9. The predicted octanol–water partition coefficient (Wildman–Crippen LogP) is 5.97. The maximum absolute atomic E-state index is 14.3. The van der Waals surface area contributed by atoms with Crippen molar-refractivity contribution in [3.63, 3.8) is 0 Å². The molecule has 5 rings (SSSR count). The van der Waals surface area contributed by atoms with Gasteiger partial charge in [0.25, 0.3) is 5.69 Å². The Labute approximate surface area is 214 Å². The Morgan fingerprint density at radius 3 is 2.24 bits per heavy atom. The van der Waals surface area contributed by atoms with Gasteiger partial charge in [-0.1, -0.05) is 66.7 Å². The summed E-state index contributed by atoms with van der Waals surface area (Å²) in [6, 6.07) is 29.4. The number of ether oxygens (including phenoxy) is 1. The Morgan fingerprint density at radius 2 is 1.54 bits per heavy atom. The average molecular weight is 493 g/mol. The number of benzene rings is 4. The molecule has 37 heavy (non-hydrogen) atoms. The Balaban J connectivity index is 1.74. The van der Waals surface area contributed by atoms with Gasteiger partial charge in [-0.3, -0.25) is 19.7 Å². The molecule has 0 aromatic heterocycles. The fourth-order valence-electron chi connectivity index (χ4n) is 5.07. The predicted molar refractivity (Wildman–Crippen MR) is 140 cm³/mol. The van der Waals surface area contributed by atoms with E-state index in [0.29, 0.717) is 22.6 Å². The molecule has 1 atom stereocenters. The summed E-state index contributed by atoms with van der Waals surface area (Å²) in [5.41, 5.74) is 0.731. The molecule has 0 aliphatic carbocycles. The molecule has 0 N–H and O–H groups in total. The summed E-state index contributed by atoms with van der Waals surface area (Å²) in [6.07, 6.45) is -0.258. The third kappa shape index (κ3) is 4.14. The largest absolute Gasteiger partial charge is 0.497 e. The molecular formula is C30H24N2O5. The number of fused-ring (bicyclic) bond motifs is 1. The molecule has 7 heteroatoms. The molecule has 0 saturated carbocycles. The summed E-state index contributed by atoms with van der Waals surface area (Å²) in [5, 5.41) is 12.2. The Kier molecular flexibility index (Phi) is 6.27. The SMILES string of the molecule is COc1ccc(CN2c3ccccc3C(=O)C2(CC(=O)c2ccccc2)c2ccccc2[N+](=O)[O-])cc1. The van der Waals surface area contributed by atoms with Crippen LogP contribution in [0.1, 0.15) is 38.3 Å². The van der Waals surface area contributed by atoms with Gasteiger partial charge in [-0.2, -0.15) is 0 Å². The molecule has 0 amide bonds. The van der Waals surface area contributed by atoms with Crippen LogP contribution in [0, 0.1) is 10.1 Å². The maximum atomic E-state index is 14.3. The van der Waals surface area contributed by atoms with E-state index in [0.717, 1.165) is 5.56 Å². The molecule has 7 nitrogen and oxygen atoms in total. The van der Waals surface area contributed by atoms with Crippen molar-refractivity contribution in [2.45, 2.75) is 18.5 Å². The number of nitro benzene ring substituents is 1. The minimum atomic E-state index is -1.61. The highest BCUT2D eigenvalue weighted by Gasteiger charge is 2.56. The molecule has 1 unspecified atom stereocenters. The third-order valence-corrected chi connectivity index (χ3v) is 6.83. The van der Waals surface area contributed by atoms with Crippen LogP contribution in [0.25, 0.3) is 0 Å². The minimum absolute atomic E-state index is 0.194. The van der Waals surface area contributed by atoms with Crippen LogP contribution >= 0.6 is 0 Å². The highest BCUT2D eigenvalue weighted by Crippen LogP contribution is 2.50. The number of rotatable bonds is 8. The number of hydrogen-bond acceptors (Lipinski definition) is 6. The lowest BCUT2D eigenvalue weighted by Crippen LogP contribution is -2.49. The van der Waals surface area contributed by atoms with E-state index in [9.17, 15) is 19.7 Å². The molecule has 0 bridgehead atoms. The van der Waals surface area contributed by atoms with E-state index in [2.05, 4.69) is 0 Å². The van der Waals surface area contributed by atoms with E-state index in [-0.39, 0.29) is 35.8 Å². The van der Waals surface area contributed by atoms with Gasteiger partial charge in [-0.05, 0) is 35.9 Å². The summed E-state index contributed by atoms with van der Waals surface area (Å²) in [4.78, 5) is 41.5. The second kappa shape index (κ2) is 9.70. The number of carbonyl (C=O) groups is 2. The Bertz CT molecular complexity index is 1480. The van der Waals surface area contributed by atoms with Gasteiger partial charge < -0.3 is 9.64 Å². The van der Waals surface area contributed by atoms with Crippen LogP contribution in [0.5, 0.6) is 5.75 Å². The van der Waals surface area contributed by atoms with Crippen LogP contribution < -0.4 is 9.64 Å². The number of hydrogen-bond donors (Lipinski definition) is 0. The second-order valence-electron chi connectivity index (χ2n) is 8.88. The van der Waals surface area contributed by atoms with Crippen LogP contribution in [0.2, 0.25) is 0 Å². The van der Waals surface area contributed by atoms with E-state index < -0.39 is 10.5 Å². The van der Waals surface area contributed by atoms with E-state index in [1.807, 2.05) is 41.3 Å². The number of methoxy groups -OCH3 is 1. The molecule has 0 fully saturated rings. The van der Waals surface area contributed by atoms with E-state index in [1.54, 1.807) is 67.8 Å². The smallest absolute Gasteiger partial charge is 0.275 e. The maximum Gasteiger partial charge on any atom is 0.275 e. The lowest BCUT2D eigenvalue weighted by atomic mass is 9.78. The van der Waals surface area contributed by atoms with Gasteiger partial charge >= 0.3 is 0 Å². The van der Waals surface area contributed by atoms with Crippen molar-refractivity contribution >= 4 is 22.9 Å². The van der Waals surface area contributed by atoms with Crippen LogP contribution in [0.15, 0.2) is 103 Å². The topological polar surface area (TPSA) is 89.8 Å². The summed E-state index contributed by atoms with van der Waals surface area (Å²) in [7, 11) is 1.58. The van der Waals surface area contributed by atoms with Crippen LogP contribution in [0.4, 0.5) is 11.4 Å². The number of para-hydroxylation sites is 2. The number of nitro groups is 1. The molecule has 4 aromatic carbocycles. The van der Waals surface area contributed by atoms with Gasteiger partial charge in [0.1, 0.15) is 11.3 Å². The van der Waals surface area contributed by atoms with Crippen molar-refractivity contribution in [2.24, 2.45) is 0 Å². The van der Waals surface area contributed by atoms with Crippen molar-refractivity contribution in [3.8, 4) is 5.75 Å². The van der Waals surface area contributed by atoms with Gasteiger partial charge in [0.05, 0.1) is 17.6 Å². The van der Waals surface area contributed by atoms with Crippen molar-refractivity contribution in [2.75, 3.05) is 12.0 Å². The number of anilines is 1. The molecule has 1 heterocycles. The first-order valence-corrected chi connectivity index (χ1v) is 11.8. The third-order valence-electron chi connectivity index (χ3n) is 6.83. The van der Waals surface area contributed by atoms with Gasteiger partial charge in [0.15, 0.2) is 11.6 Å². The molecule has 1 aliphatic heterocycles. The standard InChI is InChI=1S/C30H24N2O5/c1-37-23-17-15-21(16-18-23)20-31-26-13-7-5-11-24(26)29(34)30(31,19-28(33)22-9-3-2-4-10-22)25-12-6-8-14-27(25)32(35)36/h2-18H,19-20H2,1H3.